The molecule has 3 N–H and O–H groups in total. The highest BCUT2D eigenvalue weighted by Gasteiger charge is 2.30. The number of nitrogens with one attached hydrogen (secondary N) is 3. The lowest BCUT2D eigenvalue weighted by molar-refractivity contribution is 0.0919. The van der Waals surface area contributed by atoms with Gasteiger partial charge in [0, 0.05) is 36.8 Å². The third-order valence-electron chi connectivity index (χ3n) is 5.11. The van der Waals surface area contributed by atoms with Crippen LogP contribution >= 0.6 is 0 Å². The van der Waals surface area contributed by atoms with Gasteiger partial charge in [0.15, 0.2) is 5.69 Å². The summed E-state index contributed by atoms with van der Waals surface area (Å²) in [6.45, 7) is 6.24. The van der Waals surface area contributed by atoms with E-state index in [1.807, 2.05) is 0 Å². The van der Waals surface area contributed by atoms with Crippen molar-refractivity contribution >= 4 is 5.91 Å². The van der Waals surface area contributed by atoms with Crippen molar-refractivity contribution in [3.63, 3.8) is 0 Å². The molecule has 0 bridgehead atoms. The van der Waals surface area contributed by atoms with E-state index in [2.05, 4.69) is 34.7 Å². The second-order valence-electron chi connectivity index (χ2n) is 7.20. The number of carbonyl (C=O) groups is 1. The summed E-state index contributed by atoms with van der Waals surface area (Å²) in [7, 11) is 0. The quantitative estimate of drug-likeness (QED) is 0.782. The Morgan fingerprint density at radius 1 is 1.41 bits per heavy atom. The molecule has 5 heteroatoms. The zero-order chi connectivity index (χ0) is 15.5. The Hall–Kier alpha value is -1.36. The lowest BCUT2D eigenvalue weighted by atomic mass is 9.93. The maximum atomic E-state index is 12.6. The molecule has 0 saturated heterocycles. The molecule has 1 aliphatic heterocycles. The standard InChI is InChI=1S/C17H28N4O/c1-11(2)6-7-12-4-3-5-14(12)19-17(22)16-13-10-18-9-8-15(13)20-21-16/h11-12,14,18H,3-10H2,1-2H3,(H,19,22)(H,20,21). The Kier molecular flexibility index (Phi) is 4.81. The zero-order valence-electron chi connectivity index (χ0n) is 13.7. The molecule has 2 atom stereocenters. The first kappa shape index (κ1) is 15.5. The average Bonchev–Trinajstić information content (AvgIpc) is 3.11. The molecule has 1 fully saturated rings. The van der Waals surface area contributed by atoms with Gasteiger partial charge in [0.2, 0.25) is 0 Å². The van der Waals surface area contributed by atoms with Crippen LogP contribution in [0.15, 0.2) is 0 Å². The van der Waals surface area contributed by atoms with Crippen LogP contribution in [0.2, 0.25) is 0 Å². The van der Waals surface area contributed by atoms with E-state index in [1.165, 1.54) is 25.7 Å². The molecule has 122 valence electrons. The Morgan fingerprint density at radius 2 is 2.27 bits per heavy atom. The summed E-state index contributed by atoms with van der Waals surface area (Å²) in [5, 5.41) is 13.9. The van der Waals surface area contributed by atoms with Gasteiger partial charge in [0.1, 0.15) is 0 Å². The number of amides is 1. The first-order valence-electron chi connectivity index (χ1n) is 8.73. The van der Waals surface area contributed by atoms with Crippen molar-refractivity contribution in [2.45, 2.75) is 65.0 Å². The molecule has 1 saturated carbocycles. The molecule has 0 spiro atoms. The maximum Gasteiger partial charge on any atom is 0.272 e. The summed E-state index contributed by atoms with van der Waals surface area (Å²) < 4.78 is 0. The number of carbonyl (C=O) groups excluding carboxylic acids is 1. The first-order valence-corrected chi connectivity index (χ1v) is 8.73. The van der Waals surface area contributed by atoms with E-state index in [1.54, 1.807) is 0 Å². The van der Waals surface area contributed by atoms with E-state index in [-0.39, 0.29) is 5.91 Å². The third-order valence-corrected chi connectivity index (χ3v) is 5.11. The topological polar surface area (TPSA) is 69.8 Å². The van der Waals surface area contributed by atoms with Crippen LogP contribution in [0.3, 0.4) is 0 Å². The van der Waals surface area contributed by atoms with Gasteiger partial charge in [-0.2, -0.15) is 5.10 Å². The predicted molar refractivity (Wildman–Crippen MR) is 86.7 cm³/mol. The fourth-order valence-electron chi connectivity index (χ4n) is 3.77. The summed E-state index contributed by atoms with van der Waals surface area (Å²) in [5.41, 5.74) is 2.77. The molecule has 1 aliphatic carbocycles. The van der Waals surface area contributed by atoms with Crippen molar-refractivity contribution in [1.29, 1.82) is 0 Å². The van der Waals surface area contributed by atoms with Crippen molar-refractivity contribution in [3.05, 3.63) is 17.0 Å². The van der Waals surface area contributed by atoms with E-state index in [9.17, 15) is 4.79 Å². The molecule has 22 heavy (non-hydrogen) atoms. The fourth-order valence-corrected chi connectivity index (χ4v) is 3.77. The van der Waals surface area contributed by atoms with Gasteiger partial charge < -0.3 is 10.6 Å². The van der Waals surface area contributed by atoms with Gasteiger partial charge in [0.05, 0.1) is 0 Å². The van der Waals surface area contributed by atoms with Gasteiger partial charge in [-0.3, -0.25) is 9.89 Å². The van der Waals surface area contributed by atoms with Crippen LogP contribution < -0.4 is 10.6 Å². The molecule has 1 aromatic rings. The fraction of sp³-hybridized carbons (Fsp3) is 0.765. The number of H-pyrrole nitrogens is 1. The summed E-state index contributed by atoms with van der Waals surface area (Å²) in [4.78, 5) is 12.6. The third kappa shape index (κ3) is 3.35. The van der Waals surface area contributed by atoms with Crippen LogP contribution in [0.4, 0.5) is 0 Å². The van der Waals surface area contributed by atoms with E-state index in [0.717, 1.165) is 43.1 Å². The lowest BCUT2D eigenvalue weighted by Gasteiger charge is -2.22. The molecule has 2 unspecified atom stereocenters. The number of rotatable bonds is 5. The van der Waals surface area contributed by atoms with Crippen molar-refractivity contribution in [1.82, 2.24) is 20.8 Å². The number of fused-ring (bicyclic) bond motifs is 1. The smallest absolute Gasteiger partial charge is 0.272 e. The first-order chi connectivity index (χ1) is 10.6. The maximum absolute atomic E-state index is 12.6. The minimum Gasteiger partial charge on any atom is -0.348 e. The highest BCUT2D eigenvalue weighted by atomic mass is 16.2. The number of hydrogen-bond donors (Lipinski definition) is 3. The SMILES string of the molecule is CC(C)CCC1CCCC1NC(=O)c1n[nH]c2c1CNCC2. The van der Waals surface area contributed by atoms with Crippen LogP contribution in [0.1, 0.15) is 67.7 Å². The number of aromatic nitrogens is 2. The highest BCUT2D eigenvalue weighted by Crippen LogP contribution is 2.31. The predicted octanol–water partition coefficient (Wildman–Crippen LogP) is 2.39. The second kappa shape index (κ2) is 6.82. The Labute approximate surface area is 132 Å². The molecule has 1 aromatic heterocycles. The molecule has 3 rings (SSSR count). The molecule has 2 heterocycles. The average molecular weight is 304 g/mol. The van der Waals surface area contributed by atoms with E-state index < -0.39 is 0 Å². The molecule has 0 radical (unpaired) electrons. The van der Waals surface area contributed by atoms with Crippen LogP contribution in [0, 0.1) is 11.8 Å². The van der Waals surface area contributed by atoms with Crippen molar-refractivity contribution < 1.29 is 4.79 Å². The van der Waals surface area contributed by atoms with Crippen LogP contribution in [-0.2, 0) is 13.0 Å². The van der Waals surface area contributed by atoms with Gasteiger partial charge in [-0.15, -0.1) is 0 Å². The molecule has 0 aromatic carbocycles. The Morgan fingerprint density at radius 3 is 3.09 bits per heavy atom. The number of aromatic amines is 1. The van der Waals surface area contributed by atoms with E-state index >= 15 is 0 Å². The number of hydrogen-bond acceptors (Lipinski definition) is 3. The van der Waals surface area contributed by atoms with Crippen molar-refractivity contribution in [2.75, 3.05) is 6.54 Å². The van der Waals surface area contributed by atoms with E-state index in [4.69, 9.17) is 0 Å². The summed E-state index contributed by atoms with van der Waals surface area (Å²) in [5.74, 6) is 1.38. The highest BCUT2D eigenvalue weighted by molar-refractivity contribution is 5.94. The summed E-state index contributed by atoms with van der Waals surface area (Å²) in [6.07, 6.45) is 6.99. The monoisotopic (exact) mass is 304 g/mol. The van der Waals surface area contributed by atoms with Crippen molar-refractivity contribution in [3.8, 4) is 0 Å². The normalized spacial score (nSPS) is 24.5. The summed E-state index contributed by atoms with van der Waals surface area (Å²) in [6, 6.07) is 0.329. The van der Waals surface area contributed by atoms with Gasteiger partial charge >= 0.3 is 0 Å². The molecule has 1 amide bonds. The summed E-state index contributed by atoms with van der Waals surface area (Å²) >= 11 is 0. The van der Waals surface area contributed by atoms with Crippen molar-refractivity contribution in [2.24, 2.45) is 11.8 Å². The van der Waals surface area contributed by atoms with E-state index in [0.29, 0.717) is 17.7 Å². The molecular formula is C17H28N4O. The van der Waals surface area contributed by atoms with Crippen LogP contribution in [-0.4, -0.2) is 28.7 Å². The minimum absolute atomic E-state index is 0.00245. The van der Waals surface area contributed by atoms with Crippen LogP contribution in [0.5, 0.6) is 0 Å². The largest absolute Gasteiger partial charge is 0.348 e. The van der Waals surface area contributed by atoms with Gasteiger partial charge in [-0.1, -0.05) is 26.7 Å². The minimum atomic E-state index is 0.00245. The zero-order valence-corrected chi connectivity index (χ0v) is 13.7. The number of nitrogens with zero attached hydrogens (tertiary/aromatic N) is 1. The van der Waals surface area contributed by atoms with Crippen LogP contribution in [0.25, 0.3) is 0 Å². The van der Waals surface area contributed by atoms with Gasteiger partial charge in [0.25, 0.3) is 5.91 Å². The van der Waals surface area contributed by atoms with Gasteiger partial charge in [-0.25, -0.2) is 0 Å². The molecule has 2 aliphatic rings. The Bertz CT molecular complexity index is 523. The Balaban J connectivity index is 1.62. The lowest BCUT2D eigenvalue weighted by Crippen LogP contribution is -2.38. The van der Waals surface area contributed by atoms with Gasteiger partial charge in [-0.05, 0) is 31.1 Å². The second-order valence-corrected chi connectivity index (χ2v) is 7.20. The molecule has 5 nitrogen and oxygen atoms in total. The molecular weight excluding hydrogens is 276 g/mol.